The van der Waals surface area contributed by atoms with Crippen molar-refractivity contribution in [2.45, 2.75) is 44.4 Å². The predicted octanol–water partition coefficient (Wildman–Crippen LogP) is 1.11. The Balaban J connectivity index is 1.34. The Morgan fingerprint density at radius 2 is 1.72 bits per heavy atom. The molecule has 0 spiro atoms. The van der Waals surface area contributed by atoms with Gasteiger partial charge in [-0.3, -0.25) is 4.79 Å². The summed E-state index contributed by atoms with van der Waals surface area (Å²) in [6.45, 7) is 8.79. The van der Waals surface area contributed by atoms with Crippen LogP contribution in [-0.2, 0) is 14.8 Å². The number of nitrogens with one attached hydrogen (secondary N) is 1. The highest BCUT2D eigenvalue weighted by molar-refractivity contribution is 7.89. The number of carbonyl (C=O) groups excluding carboxylic acids is 1. The molecular formula is C21H32N4O3S. The topological polar surface area (TPSA) is 73.0 Å². The zero-order valence-electron chi connectivity index (χ0n) is 17.4. The van der Waals surface area contributed by atoms with Gasteiger partial charge >= 0.3 is 0 Å². The number of anilines is 1. The van der Waals surface area contributed by atoms with Crippen molar-refractivity contribution in [2.75, 3.05) is 50.7 Å². The lowest BCUT2D eigenvalue weighted by molar-refractivity contribution is -0.133. The van der Waals surface area contributed by atoms with Crippen LogP contribution in [0.3, 0.4) is 0 Å². The first-order valence-corrected chi connectivity index (χ1v) is 12.2. The van der Waals surface area contributed by atoms with E-state index in [4.69, 9.17) is 0 Å². The van der Waals surface area contributed by atoms with Crippen LogP contribution in [0, 0.1) is 13.8 Å². The third-order valence-corrected chi connectivity index (χ3v) is 8.82. The number of sulfonamides is 1. The van der Waals surface area contributed by atoms with Crippen molar-refractivity contribution < 1.29 is 13.2 Å². The lowest BCUT2D eigenvalue weighted by Gasteiger charge is -2.38. The Kier molecular flexibility index (Phi) is 5.86. The van der Waals surface area contributed by atoms with Gasteiger partial charge in [0.05, 0.1) is 11.3 Å². The van der Waals surface area contributed by atoms with Crippen LogP contribution in [0.1, 0.15) is 30.4 Å². The molecule has 0 bridgehead atoms. The highest BCUT2D eigenvalue weighted by atomic mass is 32.2. The lowest BCUT2D eigenvalue weighted by atomic mass is 10.1. The molecule has 3 heterocycles. The minimum atomic E-state index is -3.30. The molecule has 1 aromatic rings. The van der Waals surface area contributed by atoms with Crippen molar-refractivity contribution in [3.63, 3.8) is 0 Å². The fourth-order valence-electron chi connectivity index (χ4n) is 4.72. The third-order valence-electron chi connectivity index (χ3n) is 6.53. The molecule has 4 rings (SSSR count). The second-order valence-electron chi connectivity index (χ2n) is 8.57. The number of rotatable bonds is 4. The molecule has 3 fully saturated rings. The Morgan fingerprint density at radius 3 is 2.41 bits per heavy atom. The Labute approximate surface area is 174 Å². The number of piperazine rings is 1. The van der Waals surface area contributed by atoms with Gasteiger partial charge in [0, 0.05) is 51.5 Å². The van der Waals surface area contributed by atoms with Crippen LogP contribution in [-0.4, -0.2) is 80.6 Å². The zero-order chi connectivity index (χ0) is 20.6. The molecule has 8 heteroatoms. The van der Waals surface area contributed by atoms with Gasteiger partial charge < -0.3 is 15.1 Å². The van der Waals surface area contributed by atoms with Gasteiger partial charge in [-0.2, -0.15) is 0 Å². The number of hydrogen-bond donors (Lipinski definition) is 1. The average molecular weight is 421 g/mol. The first-order valence-electron chi connectivity index (χ1n) is 10.7. The van der Waals surface area contributed by atoms with E-state index in [1.807, 2.05) is 4.90 Å². The molecule has 3 saturated heterocycles. The van der Waals surface area contributed by atoms with Crippen LogP contribution in [0.4, 0.5) is 5.69 Å². The van der Waals surface area contributed by atoms with E-state index in [2.05, 4.69) is 42.3 Å². The fourth-order valence-corrected chi connectivity index (χ4v) is 6.65. The second kappa shape index (κ2) is 8.24. The largest absolute Gasteiger partial charge is 0.368 e. The van der Waals surface area contributed by atoms with E-state index in [1.165, 1.54) is 16.8 Å². The maximum atomic E-state index is 13.0. The molecule has 1 N–H and O–H groups in total. The second-order valence-corrected chi connectivity index (χ2v) is 10.8. The van der Waals surface area contributed by atoms with Crippen LogP contribution in [0.25, 0.3) is 0 Å². The van der Waals surface area contributed by atoms with Crippen molar-refractivity contribution in [1.29, 1.82) is 0 Å². The van der Waals surface area contributed by atoms with E-state index < -0.39 is 15.3 Å². The maximum absolute atomic E-state index is 13.0. The van der Waals surface area contributed by atoms with Crippen LogP contribution in [0.5, 0.6) is 0 Å². The average Bonchev–Trinajstić information content (AvgIpc) is 3.42. The number of aryl methyl sites for hydroxylation is 2. The number of carbonyl (C=O) groups is 1. The molecule has 29 heavy (non-hydrogen) atoms. The van der Waals surface area contributed by atoms with Crippen LogP contribution in [0.15, 0.2) is 18.2 Å². The van der Waals surface area contributed by atoms with Crippen LogP contribution < -0.4 is 10.2 Å². The first kappa shape index (κ1) is 20.6. The van der Waals surface area contributed by atoms with Crippen molar-refractivity contribution in [1.82, 2.24) is 14.5 Å². The normalized spacial score (nSPS) is 26.3. The molecule has 7 nitrogen and oxygen atoms in total. The fraction of sp³-hybridized carbons (Fsp3) is 0.667. The predicted molar refractivity (Wildman–Crippen MR) is 115 cm³/mol. The van der Waals surface area contributed by atoms with Gasteiger partial charge in [0.2, 0.25) is 15.9 Å². The van der Waals surface area contributed by atoms with Crippen LogP contribution >= 0.6 is 0 Å². The number of benzene rings is 1. The molecule has 0 aliphatic carbocycles. The minimum absolute atomic E-state index is 0.0461. The van der Waals surface area contributed by atoms with Crippen molar-refractivity contribution in [3.8, 4) is 0 Å². The molecule has 0 saturated carbocycles. The quantitative estimate of drug-likeness (QED) is 0.790. The van der Waals surface area contributed by atoms with Gasteiger partial charge in [-0.15, -0.1) is 0 Å². The van der Waals surface area contributed by atoms with E-state index in [9.17, 15) is 13.2 Å². The first-order chi connectivity index (χ1) is 13.9. The number of nitrogens with zero attached hydrogens (tertiary/aromatic N) is 3. The van der Waals surface area contributed by atoms with E-state index in [-0.39, 0.29) is 11.9 Å². The maximum Gasteiger partial charge on any atom is 0.239 e. The monoisotopic (exact) mass is 420 g/mol. The van der Waals surface area contributed by atoms with E-state index in [0.29, 0.717) is 39.1 Å². The Hall–Kier alpha value is -1.64. The summed E-state index contributed by atoms with van der Waals surface area (Å²) in [4.78, 5) is 17.2. The van der Waals surface area contributed by atoms with Gasteiger partial charge in [0.1, 0.15) is 0 Å². The molecule has 3 aliphatic rings. The molecule has 2 atom stereocenters. The number of amides is 1. The highest BCUT2D eigenvalue weighted by Gasteiger charge is 2.42. The van der Waals surface area contributed by atoms with Gasteiger partial charge in [-0.05, 0) is 50.3 Å². The summed E-state index contributed by atoms with van der Waals surface area (Å²) in [5.41, 5.74) is 3.74. The molecule has 1 amide bonds. The molecule has 2 unspecified atom stereocenters. The zero-order valence-corrected chi connectivity index (χ0v) is 18.2. The molecule has 3 aliphatic heterocycles. The van der Waals surface area contributed by atoms with Gasteiger partial charge in [-0.1, -0.05) is 12.1 Å². The standard InChI is InChI=1S/C21H32N4O3S/c1-16-5-6-17(2)20(13-16)23-9-11-24(12-10-23)21(26)19-14-18(15-22-19)29(27,28)25-7-3-4-8-25/h5-6,13,18-19,22H,3-4,7-12,14-15H2,1-2H3. The summed E-state index contributed by atoms with van der Waals surface area (Å²) >= 11 is 0. The summed E-state index contributed by atoms with van der Waals surface area (Å²) in [5.74, 6) is 0.0461. The van der Waals surface area contributed by atoms with E-state index in [0.717, 1.165) is 25.9 Å². The van der Waals surface area contributed by atoms with Crippen molar-refractivity contribution >= 4 is 21.6 Å². The third kappa shape index (κ3) is 4.15. The highest BCUT2D eigenvalue weighted by Crippen LogP contribution is 2.25. The van der Waals surface area contributed by atoms with Crippen molar-refractivity contribution in [3.05, 3.63) is 29.3 Å². The summed E-state index contributed by atoms with van der Waals surface area (Å²) in [5, 5.41) is 2.70. The van der Waals surface area contributed by atoms with Crippen LogP contribution in [0.2, 0.25) is 0 Å². The molecule has 0 radical (unpaired) electrons. The molecular weight excluding hydrogens is 388 g/mol. The molecule has 1 aromatic carbocycles. The van der Waals surface area contributed by atoms with Gasteiger partial charge in [0.15, 0.2) is 0 Å². The Bertz CT molecular complexity index is 859. The Morgan fingerprint density at radius 1 is 1.03 bits per heavy atom. The minimum Gasteiger partial charge on any atom is -0.368 e. The van der Waals surface area contributed by atoms with E-state index >= 15 is 0 Å². The van der Waals surface area contributed by atoms with Gasteiger partial charge in [-0.25, -0.2) is 12.7 Å². The summed E-state index contributed by atoms with van der Waals surface area (Å²) < 4.78 is 27.2. The smallest absolute Gasteiger partial charge is 0.239 e. The SMILES string of the molecule is Cc1ccc(C)c(N2CCN(C(=O)C3CC(S(=O)(=O)N4CCCC4)CN3)CC2)c1. The van der Waals surface area contributed by atoms with Crippen molar-refractivity contribution in [2.24, 2.45) is 0 Å². The summed E-state index contributed by atoms with van der Waals surface area (Å²) in [7, 11) is -3.30. The molecule has 0 aromatic heterocycles. The number of hydrogen-bond acceptors (Lipinski definition) is 5. The molecule has 160 valence electrons. The van der Waals surface area contributed by atoms with E-state index in [1.54, 1.807) is 4.31 Å². The lowest BCUT2D eigenvalue weighted by Crippen LogP contribution is -2.53. The summed E-state index contributed by atoms with van der Waals surface area (Å²) in [6, 6.07) is 6.09. The van der Waals surface area contributed by atoms with Gasteiger partial charge in [0.25, 0.3) is 0 Å². The summed E-state index contributed by atoms with van der Waals surface area (Å²) in [6.07, 6.45) is 2.26.